The summed E-state index contributed by atoms with van der Waals surface area (Å²) in [4.78, 5) is 19.4. The summed E-state index contributed by atoms with van der Waals surface area (Å²) < 4.78 is 5.21. The van der Waals surface area contributed by atoms with Crippen molar-refractivity contribution in [1.29, 1.82) is 5.26 Å². The summed E-state index contributed by atoms with van der Waals surface area (Å²) in [5.41, 5.74) is 2.36. The van der Waals surface area contributed by atoms with E-state index in [9.17, 15) is 10.1 Å². The highest BCUT2D eigenvalue weighted by atomic mass is 32.1. The molecule has 2 heterocycles. The van der Waals surface area contributed by atoms with Crippen LogP contribution in [0.4, 0.5) is 0 Å². The zero-order valence-corrected chi connectivity index (χ0v) is 17.7. The second-order valence-corrected chi connectivity index (χ2v) is 8.89. The number of fused-ring (bicyclic) bond motifs is 1. The van der Waals surface area contributed by atoms with E-state index in [0.717, 1.165) is 29.0 Å². The van der Waals surface area contributed by atoms with Crippen LogP contribution in [0.15, 0.2) is 30.3 Å². The van der Waals surface area contributed by atoms with Crippen molar-refractivity contribution in [2.45, 2.75) is 38.1 Å². The van der Waals surface area contributed by atoms with Gasteiger partial charge in [-0.3, -0.25) is 9.69 Å². The summed E-state index contributed by atoms with van der Waals surface area (Å²) >= 11 is 1.69. The number of hydrogen-bond acceptors (Lipinski definition) is 5. The van der Waals surface area contributed by atoms with E-state index in [0.29, 0.717) is 26.2 Å². The molecule has 1 fully saturated rings. The molecule has 6 heteroatoms. The zero-order chi connectivity index (χ0) is 20.2. The molecule has 1 amide bonds. The Morgan fingerprint density at radius 3 is 2.52 bits per heavy atom. The van der Waals surface area contributed by atoms with Gasteiger partial charge in [-0.25, -0.2) is 0 Å². The van der Waals surface area contributed by atoms with Crippen LogP contribution in [0.1, 0.15) is 51.0 Å². The lowest BCUT2D eigenvalue weighted by molar-refractivity contribution is 0.0611. The van der Waals surface area contributed by atoms with Crippen LogP contribution >= 0.6 is 11.3 Å². The van der Waals surface area contributed by atoms with Gasteiger partial charge in [0.05, 0.1) is 18.1 Å². The summed E-state index contributed by atoms with van der Waals surface area (Å²) in [6, 6.07) is 11.9. The molecular weight excluding hydrogens is 382 g/mol. The number of benzene rings is 1. The average Bonchev–Trinajstić information content (AvgIpc) is 3.05. The van der Waals surface area contributed by atoms with Gasteiger partial charge in [0.1, 0.15) is 11.8 Å². The number of nitrogens with zero attached hydrogens (tertiary/aromatic N) is 3. The number of methoxy groups -OCH3 is 1. The van der Waals surface area contributed by atoms with Gasteiger partial charge >= 0.3 is 0 Å². The van der Waals surface area contributed by atoms with Crippen molar-refractivity contribution in [2.75, 3.05) is 33.3 Å². The van der Waals surface area contributed by atoms with Gasteiger partial charge in [-0.1, -0.05) is 18.6 Å². The van der Waals surface area contributed by atoms with E-state index in [1.807, 2.05) is 29.2 Å². The molecule has 5 nitrogen and oxygen atoms in total. The predicted octanol–water partition coefficient (Wildman–Crippen LogP) is 4.05. The first kappa shape index (κ1) is 19.9. The van der Waals surface area contributed by atoms with Gasteiger partial charge in [-0.05, 0) is 55.0 Å². The average molecular weight is 410 g/mol. The van der Waals surface area contributed by atoms with Crippen LogP contribution < -0.4 is 4.74 Å². The highest BCUT2D eigenvalue weighted by Crippen LogP contribution is 2.30. The van der Waals surface area contributed by atoms with E-state index in [1.165, 1.54) is 29.7 Å². The summed E-state index contributed by atoms with van der Waals surface area (Å²) in [5.74, 6) is 0.941. The lowest BCUT2D eigenvalue weighted by atomic mass is 10.1. The predicted molar refractivity (Wildman–Crippen MR) is 114 cm³/mol. The number of piperazine rings is 1. The van der Waals surface area contributed by atoms with E-state index in [1.54, 1.807) is 18.4 Å². The van der Waals surface area contributed by atoms with Gasteiger partial charge in [0.2, 0.25) is 0 Å². The summed E-state index contributed by atoms with van der Waals surface area (Å²) in [6.07, 6.45) is 5.99. The van der Waals surface area contributed by atoms with Crippen molar-refractivity contribution in [2.24, 2.45) is 0 Å². The van der Waals surface area contributed by atoms with Crippen molar-refractivity contribution in [3.63, 3.8) is 0 Å². The third kappa shape index (κ3) is 4.31. The van der Waals surface area contributed by atoms with E-state index >= 15 is 0 Å². The molecule has 152 valence electrons. The van der Waals surface area contributed by atoms with Crippen molar-refractivity contribution in [3.8, 4) is 11.8 Å². The number of rotatable bonds is 4. The van der Waals surface area contributed by atoms with E-state index in [2.05, 4.69) is 17.0 Å². The largest absolute Gasteiger partial charge is 0.497 e. The monoisotopic (exact) mass is 409 g/mol. The van der Waals surface area contributed by atoms with Crippen molar-refractivity contribution in [3.05, 3.63) is 51.2 Å². The summed E-state index contributed by atoms with van der Waals surface area (Å²) in [5, 5.41) is 9.73. The molecule has 1 aliphatic carbocycles. The fraction of sp³-hybridized carbons (Fsp3) is 0.478. The maximum Gasteiger partial charge on any atom is 0.264 e. The molecule has 1 aromatic carbocycles. The number of hydrogen-bond donors (Lipinski definition) is 0. The lowest BCUT2D eigenvalue weighted by Gasteiger charge is -2.36. The second kappa shape index (κ2) is 8.98. The number of amides is 1. The van der Waals surface area contributed by atoms with Gasteiger partial charge in [0.25, 0.3) is 5.91 Å². The van der Waals surface area contributed by atoms with Crippen molar-refractivity contribution in [1.82, 2.24) is 9.80 Å². The van der Waals surface area contributed by atoms with Gasteiger partial charge in [0, 0.05) is 31.1 Å². The maximum absolute atomic E-state index is 13.0. The van der Waals surface area contributed by atoms with Crippen LogP contribution in [0.3, 0.4) is 0 Å². The fourth-order valence-electron chi connectivity index (χ4n) is 4.27. The Morgan fingerprint density at radius 1 is 1.10 bits per heavy atom. The number of ether oxygens (including phenoxy) is 1. The van der Waals surface area contributed by atoms with E-state index < -0.39 is 0 Å². The lowest BCUT2D eigenvalue weighted by Crippen LogP contribution is -2.49. The first-order valence-electron chi connectivity index (χ1n) is 10.4. The normalized spacial score (nSPS) is 18.4. The zero-order valence-electron chi connectivity index (χ0n) is 16.9. The van der Waals surface area contributed by atoms with Crippen LogP contribution in [-0.2, 0) is 12.8 Å². The standard InChI is InChI=1S/C23H27N3O2S/c1-28-19-9-7-17(8-10-19)20(16-24)25-11-13-26(14-12-25)23(27)22-15-18-5-3-2-4-6-21(18)29-22/h7-10,15,20H,2-6,11-14H2,1H3. The number of aryl methyl sites for hydroxylation is 2. The Balaban J connectivity index is 1.39. The van der Waals surface area contributed by atoms with Crippen molar-refractivity contribution < 1.29 is 9.53 Å². The highest BCUT2D eigenvalue weighted by molar-refractivity contribution is 7.14. The molecule has 1 atom stereocenters. The van der Waals surface area contributed by atoms with Crippen molar-refractivity contribution >= 4 is 17.2 Å². The summed E-state index contributed by atoms with van der Waals surface area (Å²) in [6.45, 7) is 2.74. The smallest absolute Gasteiger partial charge is 0.264 e. The molecule has 2 aromatic rings. The molecule has 1 unspecified atom stereocenters. The minimum Gasteiger partial charge on any atom is -0.497 e. The molecular formula is C23H27N3O2S. The van der Waals surface area contributed by atoms with Crippen LogP contribution in [0.5, 0.6) is 5.75 Å². The topological polar surface area (TPSA) is 56.6 Å². The fourth-order valence-corrected chi connectivity index (χ4v) is 5.49. The Kier molecular flexibility index (Phi) is 6.17. The molecule has 2 aliphatic rings. The number of carbonyl (C=O) groups is 1. The van der Waals surface area contributed by atoms with E-state index in [4.69, 9.17) is 4.74 Å². The molecule has 0 bridgehead atoms. The highest BCUT2D eigenvalue weighted by Gasteiger charge is 2.28. The first-order valence-corrected chi connectivity index (χ1v) is 11.2. The van der Waals surface area contributed by atoms with Gasteiger partial charge in [0.15, 0.2) is 0 Å². The third-order valence-electron chi connectivity index (χ3n) is 5.98. The molecule has 4 rings (SSSR count). The van der Waals surface area contributed by atoms with Crippen LogP contribution in [0.25, 0.3) is 0 Å². The number of carbonyl (C=O) groups excluding carboxylic acids is 1. The SMILES string of the molecule is COc1ccc(C(C#N)N2CCN(C(=O)c3cc4c(s3)CCCCC4)CC2)cc1. The number of nitriles is 1. The van der Waals surface area contributed by atoms with Crippen LogP contribution in [0, 0.1) is 11.3 Å². The maximum atomic E-state index is 13.0. The molecule has 1 aliphatic heterocycles. The Labute approximate surface area is 176 Å². The van der Waals surface area contributed by atoms with Gasteiger partial charge in [-0.2, -0.15) is 5.26 Å². The molecule has 0 N–H and O–H groups in total. The molecule has 0 spiro atoms. The Morgan fingerprint density at radius 2 is 1.83 bits per heavy atom. The third-order valence-corrected chi connectivity index (χ3v) is 7.20. The number of thiophene rings is 1. The van der Waals surface area contributed by atoms with Crippen LogP contribution in [-0.4, -0.2) is 49.0 Å². The molecule has 0 radical (unpaired) electrons. The summed E-state index contributed by atoms with van der Waals surface area (Å²) in [7, 11) is 1.64. The van der Waals surface area contributed by atoms with Gasteiger partial charge < -0.3 is 9.64 Å². The molecule has 1 saturated heterocycles. The quantitative estimate of drug-likeness (QED) is 0.715. The van der Waals surface area contributed by atoms with Gasteiger partial charge in [-0.15, -0.1) is 11.3 Å². The minimum atomic E-state index is -0.295. The van der Waals surface area contributed by atoms with Crippen LogP contribution in [0.2, 0.25) is 0 Å². The molecule has 0 saturated carbocycles. The molecule has 1 aromatic heterocycles. The Hall–Kier alpha value is -2.36. The molecule has 29 heavy (non-hydrogen) atoms. The Bertz CT molecular complexity index is 868. The first-order chi connectivity index (χ1) is 14.2. The minimum absolute atomic E-state index is 0.153. The second-order valence-electron chi connectivity index (χ2n) is 7.75. The van der Waals surface area contributed by atoms with E-state index in [-0.39, 0.29) is 11.9 Å².